The number of rotatable bonds is 6. The van der Waals surface area contributed by atoms with Crippen molar-refractivity contribution in [3.05, 3.63) is 35.9 Å². The Bertz CT molecular complexity index is 855. The van der Waals surface area contributed by atoms with Crippen LogP contribution in [0.4, 0.5) is 0 Å². The van der Waals surface area contributed by atoms with E-state index in [0.717, 1.165) is 27.9 Å². The quantitative estimate of drug-likeness (QED) is 0.481. The summed E-state index contributed by atoms with van der Waals surface area (Å²) in [5, 5.41) is 2.39. The van der Waals surface area contributed by atoms with Crippen molar-refractivity contribution in [3.8, 4) is 0 Å². The maximum atomic E-state index is 12.8. The summed E-state index contributed by atoms with van der Waals surface area (Å²) in [5.74, 6) is -4.30. The Kier molecular flexibility index (Phi) is 7.70. The van der Waals surface area contributed by atoms with Gasteiger partial charge in [0, 0.05) is 26.3 Å². The van der Waals surface area contributed by atoms with E-state index < -0.39 is 60.4 Å². The van der Waals surface area contributed by atoms with E-state index in [1.807, 2.05) is 0 Å². The molecule has 168 valence electrons. The van der Waals surface area contributed by atoms with Gasteiger partial charge in [-0.2, -0.15) is 0 Å². The van der Waals surface area contributed by atoms with Gasteiger partial charge in [-0.05, 0) is 12.1 Å². The maximum absolute atomic E-state index is 12.8. The Morgan fingerprint density at radius 3 is 2.03 bits per heavy atom. The van der Waals surface area contributed by atoms with Crippen LogP contribution in [0, 0.1) is 0 Å². The van der Waals surface area contributed by atoms with Gasteiger partial charge in [0.25, 0.3) is 11.6 Å². The molecule has 4 atom stereocenters. The molecule has 1 heterocycles. The summed E-state index contributed by atoms with van der Waals surface area (Å²) in [6, 6.07) is 7.85. The average molecular weight is 437 g/mol. The van der Waals surface area contributed by atoms with Gasteiger partial charge in [0.1, 0.15) is 0 Å². The molecule has 0 aliphatic carbocycles. The van der Waals surface area contributed by atoms with E-state index in [0.29, 0.717) is 0 Å². The van der Waals surface area contributed by atoms with Gasteiger partial charge in [0.2, 0.25) is 6.10 Å². The van der Waals surface area contributed by atoms with E-state index in [2.05, 4.69) is 5.32 Å². The molecule has 0 aromatic heterocycles. The number of hydrogen-bond acceptors (Lipinski definition) is 10. The zero-order chi connectivity index (χ0) is 23.2. The molecule has 1 fully saturated rings. The van der Waals surface area contributed by atoms with Crippen molar-refractivity contribution < 1.29 is 47.7 Å². The molecule has 2 rings (SSSR count). The van der Waals surface area contributed by atoms with Crippen molar-refractivity contribution in [2.45, 2.75) is 44.8 Å². The molecule has 1 saturated heterocycles. The van der Waals surface area contributed by atoms with Gasteiger partial charge in [0.05, 0.1) is 13.7 Å². The fraction of sp³-hybridized carbons (Fsp3) is 0.450. The lowest BCUT2D eigenvalue weighted by atomic mass is 9.92. The summed E-state index contributed by atoms with van der Waals surface area (Å²) >= 11 is 0. The topological polar surface area (TPSA) is 144 Å². The normalized spacial score (nSPS) is 25.0. The molecule has 1 aromatic rings. The maximum Gasteiger partial charge on any atom is 0.363 e. The van der Waals surface area contributed by atoms with E-state index in [-0.39, 0.29) is 5.56 Å². The van der Waals surface area contributed by atoms with Gasteiger partial charge >= 0.3 is 23.9 Å². The number of esters is 4. The molecule has 0 saturated carbocycles. The van der Waals surface area contributed by atoms with Crippen molar-refractivity contribution in [2.24, 2.45) is 0 Å². The SMILES string of the molecule is COC(=O)[C@]1(NC(=O)c2ccccc2)OC[C@@H](OC(C)=O)[C@@H](OC(C)=O)[C@H]1OC(C)=O. The molecule has 0 unspecified atom stereocenters. The third-order valence-corrected chi connectivity index (χ3v) is 4.28. The van der Waals surface area contributed by atoms with Gasteiger partial charge in [-0.15, -0.1) is 0 Å². The first-order chi connectivity index (χ1) is 14.6. The summed E-state index contributed by atoms with van der Waals surface area (Å²) in [7, 11) is 1.03. The number of amides is 1. The number of nitrogens with one attached hydrogen (secondary N) is 1. The first-order valence-electron chi connectivity index (χ1n) is 9.22. The predicted octanol–water partition coefficient (Wildman–Crippen LogP) is 0.111. The second kappa shape index (κ2) is 10.0. The minimum atomic E-state index is -2.38. The Morgan fingerprint density at radius 1 is 0.935 bits per heavy atom. The third-order valence-electron chi connectivity index (χ3n) is 4.28. The van der Waals surface area contributed by atoms with Crippen LogP contribution in [-0.2, 0) is 42.9 Å². The molecule has 1 aromatic carbocycles. The fourth-order valence-corrected chi connectivity index (χ4v) is 3.10. The smallest absolute Gasteiger partial charge is 0.363 e. The van der Waals surface area contributed by atoms with Crippen molar-refractivity contribution in [3.63, 3.8) is 0 Å². The lowest BCUT2D eigenvalue weighted by Gasteiger charge is -2.46. The van der Waals surface area contributed by atoms with Crippen LogP contribution in [0.15, 0.2) is 30.3 Å². The van der Waals surface area contributed by atoms with Crippen LogP contribution in [0.1, 0.15) is 31.1 Å². The van der Waals surface area contributed by atoms with Gasteiger partial charge in [-0.25, -0.2) is 4.79 Å². The summed E-state index contributed by atoms with van der Waals surface area (Å²) < 4.78 is 26.0. The summed E-state index contributed by atoms with van der Waals surface area (Å²) in [6.45, 7) is 2.76. The lowest BCUT2D eigenvalue weighted by molar-refractivity contribution is -0.262. The zero-order valence-electron chi connectivity index (χ0n) is 17.4. The van der Waals surface area contributed by atoms with E-state index in [9.17, 15) is 24.0 Å². The molecular formula is C20H23NO10. The van der Waals surface area contributed by atoms with Gasteiger partial charge in [-0.1, -0.05) is 18.2 Å². The molecule has 1 aliphatic heterocycles. The standard InChI is InChI=1S/C20H23NO10/c1-11(22)29-15-10-28-20(19(26)27-4,21-18(25)14-8-6-5-7-9-14)17(31-13(3)24)16(15)30-12(2)23/h5-9,15-17H,10H2,1-4H3,(H,21,25)/t15-,16-,17-,20-/m1/s1. The van der Waals surface area contributed by atoms with Crippen LogP contribution >= 0.6 is 0 Å². The first kappa shape index (κ1) is 23.8. The molecule has 1 N–H and O–H groups in total. The number of carbonyl (C=O) groups is 5. The largest absolute Gasteiger partial charge is 0.465 e. The van der Waals surface area contributed by atoms with Crippen LogP contribution in [0.5, 0.6) is 0 Å². The monoisotopic (exact) mass is 437 g/mol. The van der Waals surface area contributed by atoms with E-state index >= 15 is 0 Å². The Balaban J connectivity index is 2.55. The molecule has 31 heavy (non-hydrogen) atoms. The van der Waals surface area contributed by atoms with E-state index in [1.54, 1.807) is 18.2 Å². The van der Waals surface area contributed by atoms with Crippen LogP contribution in [0.2, 0.25) is 0 Å². The highest BCUT2D eigenvalue weighted by Gasteiger charge is 2.62. The van der Waals surface area contributed by atoms with Crippen molar-refractivity contribution >= 4 is 29.8 Å². The van der Waals surface area contributed by atoms with Gasteiger partial charge < -0.3 is 29.0 Å². The Morgan fingerprint density at radius 2 is 1.52 bits per heavy atom. The average Bonchev–Trinajstić information content (AvgIpc) is 2.71. The fourth-order valence-electron chi connectivity index (χ4n) is 3.10. The van der Waals surface area contributed by atoms with Crippen LogP contribution in [0.25, 0.3) is 0 Å². The molecule has 1 aliphatic rings. The van der Waals surface area contributed by atoms with Crippen LogP contribution in [-0.4, -0.2) is 67.5 Å². The number of ether oxygens (including phenoxy) is 5. The molecular weight excluding hydrogens is 414 g/mol. The second-order valence-electron chi connectivity index (χ2n) is 6.61. The lowest BCUT2D eigenvalue weighted by Crippen LogP contribution is -2.73. The minimum absolute atomic E-state index is 0.169. The molecule has 11 nitrogen and oxygen atoms in total. The Hall–Kier alpha value is -3.47. The van der Waals surface area contributed by atoms with E-state index in [1.165, 1.54) is 12.1 Å². The summed E-state index contributed by atoms with van der Waals surface area (Å²) in [6.07, 6.45) is -4.43. The van der Waals surface area contributed by atoms with Crippen molar-refractivity contribution in [2.75, 3.05) is 13.7 Å². The molecule has 0 radical (unpaired) electrons. The minimum Gasteiger partial charge on any atom is -0.465 e. The molecule has 11 heteroatoms. The first-order valence-corrected chi connectivity index (χ1v) is 9.22. The number of carbonyl (C=O) groups excluding carboxylic acids is 5. The summed E-state index contributed by atoms with van der Waals surface area (Å²) in [5.41, 5.74) is -2.22. The van der Waals surface area contributed by atoms with Crippen molar-refractivity contribution in [1.82, 2.24) is 5.32 Å². The predicted molar refractivity (Wildman–Crippen MR) is 101 cm³/mol. The number of methoxy groups -OCH3 is 1. The highest BCUT2D eigenvalue weighted by atomic mass is 16.7. The molecule has 0 spiro atoms. The van der Waals surface area contributed by atoms with E-state index in [4.69, 9.17) is 23.7 Å². The van der Waals surface area contributed by atoms with Crippen molar-refractivity contribution in [1.29, 1.82) is 0 Å². The second-order valence-corrected chi connectivity index (χ2v) is 6.61. The Labute approximate surface area is 177 Å². The molecule has 1 amide bonds. The summed E-state index contributed by atoms with van der Waals surface area (Å²) in [4.78, 5) is 60.7. The van der Waals surface area contributed by atoms with Crippen LogP contribution in [0.3, 0.4) is 0 Å². The number of hydrogen-bond donors (Lipinski definition) is 1. The molecule has 0 bridgehead atoms. The number of benzene rings is 1. The van der Waals surface area contributed by atoms with Gasteiger partial charge in [-0.3, -0.25) is 19.2 Å². The van der Waals surface area contributed by atoms with Crippen LogP contribution < -0.4 is 5.32 Å². The zero-order valence-corrected chi connectivity index (χ0v) is 17.4. The van der Waals surface area contributed by atoms with Gasteiger partial charge in [0.15, 0.2) is 12.2 Å². The highest BCUT2D eigenvalue weighted by molar-refractivity contribution is 5.98. The highest BCUT2D eigenvalue weighted by Crippen LogP contribution is 2.32. The third kappa shape index (κ3) is 5.57.